The number of aliphatic carboxylic acids is 1. The molecule has 1 aliphatic rings. The van der Waals surface area contributed by atoms with E-state index in [4.69, 9.17) is 16.3 Å². The highest BCUT2D eigenvalue weighted by molar-refractivity contribution is 6.30. The van der Waals surface area contributed by atoms with Gasteiger partial charge in [0.05, 0.1) is 25.7 Å². The van der Waals surface area contributed by atoms with E-state index in [9.17, 15) is 19.5 Å². The van der Waals surface area contributed by atoms with Gasteiger partial charge in [0, 0.05) is 18.5 Å². The zero-order chi connectivity index (χ0) is 17.7. The number of carbonyl (C=O) groups is 3. The molecule has 1 aromatic rings. The minimum Gasteiger partial charge on any atom is -0.480 e. The van der Waals surface area contributed by atoms with Gasteiger partial charge < -0.3 is 20.1 Å². The van der Waals surface area contributed by atoms with Gasteiger partial charge in [-0.25, -0.2) is 4.79 Å². The van der Waals surface area contributed by atoms with Crippen molar-refractivity contribution in [3.05, 3.63) is 34.9 Å². The number of hydrogen-bond donors (Lipinski definition) is 2. The van der Waals surface area contributed by atoms with E-state index in [1.54, 1.807) is 24.3 Å². The van der Waals surface area contributed by atoms with Crippen molar-refractivity contribution in [1.29, 1.82) is 0 Å². The molecule has 7 nitrogen and oxygen atoms in total. The Hall–Kier alpha value is -2.12. The van der Waals surface area contributed by atoms with Gasteiger partial charge in [0.2, 0.25) is 11.8 Å². The fourth-order valence-corrected chi connectivity index (χ4v) is 2.72. The first kappa shape index (κ1) is 18.2. The molecular formula is C16H19ClN2O5. The SMILES string of the molecule is CC(=O)N[C@H](CC(=O)N1CCOC[C@@H]1C(=O)O)c1ccc(Cl)cc1. The summed E-state index contributed by atoms with van der Waals surface area (Å²) in [5.74, 6) is -1.73. The summed E-state index contributed by atoms with van der Waals surface area (Å²) in [5, 5.41) is 12.5. The lowest BCUT2D eigenvalue weighted by molar-refractivity contribution is -0.158. The summed E-state index contributed by atoms with van der Waals surface area (Å²) in [6.07, 6.45) is -0.0367. The van der Waals surface area contributed by atoms with E-state index in [1.807, 2.05) is 0 Å². The van der Waals surface area contributed by atoms with Gasteiger partial charge in [-0.3, -0.25) is 9.59 Å². The fourth-order valence-electron chi connectivity index (χ4n) is 2.59. The second-order valence-corrected chi connectivity index (χ2v) is 5.96. The molecule has 8 heteroatoms. The van der Waals surface area contributed by atoms with Crippen LogP contribution in [0.4, 0.5) is 0 Å². The predicted molar refractivity (Wildman–Crippen MR) is 86.6 cm³/mol. The zero-order valence-electron chi connectivity index (χ0n) is 13.2. The van der Waals surface area contributed by atoms with Crippen LogP contribution in [0.25, 0.3) is 0 Å². The third kappa shape index (κ3) is 4.69. The molecule has 1 aliphatic heterocycles. The van der Waals surface area contributed by atoms with Crippen LogP contribution >= 0.6 is 11.6 Å². The summed E-state index contributed by atoms with van der Waals surface area (Å²) in [5.41, 5.74) is 0.725. The molecule has 1 fully saturated rings. The molecule has 130 valence electrons. The summed E-state index contributed by atoms with van der Waals surface area (Å²) in [6, 6.07) is 5.24. The minimum absolute atomic E-state index is 0.0349. The van der Waals surface area contributed by atoms with Gasteiger partial charge in [0.15, 0.2) is 6.04 Å². The van der Waals surface area contributed by atoms with Crippen LogP contribution in [-0.4, -0.2) is 53.6 Å². The molecule has 0 unspecified atom stereocenters. The normalized spacial score (nSPS) is 18.8. The van der Waals surface area contributed by atoms with E-state index in [2.05, 4.69) is 5.32 Å². The lowest BCUT2D eigenvalue weighted by atomic mass is 10.0. The number of rotatable bonds is 5. The first-order valence-corrected chi connectivity index (χ1v) is 7.89. The molecule has 1 aromatic carbocycles. The first-order valence-electron chi connectivity index (χ1n) is 7.51. The molecule has 2 N–H and O–H groups in total. The summed E-state index contributed by atoms with van der Waals surface area (Å²) in [4.78, 5) is 36.6. The van der Waals surface area contributed by atoms with Crippen LogP contribution in [0.1, 0.15) is 24.9 Å². The molecule has 0 spiro atoms. The van der Waals surface area contributed by atoms with Crippen LogP contribution in [0.15, 0.2) is 24.3 Å². The van der Waals surface area contributed by atoms with E-state index in [0.29, 0.717) is 11.6 Å². The van der Waals surface area contributed by atoms with Gasteiger partial charge in [-0.15, -0.1) is 0 Å². The molecule has 0 bridgehead atoms. The molecular weight excluding hydrogens is 336 g/mol. The lowest BCUT2D eigenvalue weighted by Gasteiger charge is -2.34. The number of ether oxygens (including phenoxy) is 1. The van der Waals surface area contributed by atoms with Gasteiger partial charge in [-0.05, 0) is 17.7 Å². The molecule has 0 aromatic heterocycles. The molecule has 1 saturated heterocycles. The average molecular weight is 355 g/mol. The number of halogens is 1. The van der Waals surface area contributed by atoms with Gasteiger partial charge in [-0.2, -0.15) is 0 Å². The quantitative estimate of drug-likeness (QED) is 0.828. The number of nitrogens with one attached hydrogen (secondary N) is 1. The van der Waals surface area contributed by atoms with Crippen molar-refractivity contribution in [3.8, 4) is 0 Å². The number of carbonyl (C=O) groups excluding carboxylic acids is 2. The summed E-state index contributed by atoms with van der Waals surface area (Å²) in [7, 11) is 0. The second kappa shape index (κ2) is 8.12. The van der Waals surface area contributed by atoms with E-state index < -0.39 is 18.1 Å². The zero-order valence-corrected chi connectivity index (χ0v) is 14.0. The van der Waals surface area contributed by atoms with Crippen molar-refractivity contribution < 1.29 is 24.2 Å². The number of morpholine rings is 1. The molecule has 0 aliphatic carbocycles. The Kier molecular flexibility index (Phi) is 6.16. The van der Waals surface area contributed by atoms with Gasteiger partial charge in [-0.1, -0.05) is 23.7 Å². The predicted octanol–water partition coefficient (Wildman–Crippen LogP) is 1.22. The van der Waals surface area contributed by atoms with Crippen LogP contribution in [0.2, 0.25) is 5.02 Å². The van der Waals surface area contributed by atoms with E-state index in [1.165, 1.54) is 11.8 Å². The lowest BCUT2D eigenvalue weighted by Crippen LogP contribution is -2.53. The van der Waals surface area contributed by atoms with Gasteiger partial charge in [0.1, 0.15) is 0 Å². The fraction of sp³-hybridized carbons (Fsp3) is 0.438. The van der Waals surface area contributed by atoms with Crippen molar-refractivity contribution >= 4 is 29.4 Å². The van der Waals surface area contributed by atoms with Crippen molar-refractivity contribution in [2.24, 2.45) is 0 Å². The third-order valence-corrected chi connectivity index (χ3v) is 4.01. The Morgan fingerprint density at radius 1 is 1.38 bits per heavy atom. The maximum atomic E-state index is 12.6. The van der Waals surface area contributed by atoms with E-state index in [0.717, 1.165) is 5.56 Å². The second-order valence-electron chi connectivity index (χ2n) is 5.52. The Balaban J connectivity index is 2.15. The largest absolute Gasteiger partial charge is 0.480 e. The van der Waals surface area contributed by atoms with Crippen molar-refractivity contribution in [2.45, 2.75) is 25.4 Å². The number of carboxylic acids is 1. The van der Waals surface area contributed by atoms with Crippen LogP contribution < -0.4 is 5.32 Å². The molecule has 0 saturated carbocycles. The number of amides is 2. The number of carboxylic acid groups (broad SMARTS) is 1. The Bertz CT molecular complexity index is 619. The molecule has 2 amide bonds. The first-order chi connectivity index (χ1) is 11.4. The average Bonchev–Trinajstić information content (AvgIpc) is 2.54. The van der Waals surface area contributed by atoms with Crippen LogP contribution in [0, 0.1) is 0 Å². The van der Waals surface area contributed by atoms with Crippen LogP contribution in [-0.2, 0) is 19.1 Å². The van der Waals surface area contributed by atoms with Crippen molar-refractivity contribution in [2.75, 3.05) is 19.8 Å². The van der Waals surface area contributed by atoms with Crippen LogP contribution in [0.5, 0.6) is 0 Å². The standard InChI is InChI=1S/C16H19ClN2O5/c1-10(20)18-13(11-2-4-12(17)5-3-11)8-15(21)19-6-7-24-9-14(19)16(22)23/h2-5,13-14H,6-9H2,1H3,(H,18,20)(H,22,23)/t13-,14-/m1/s1. The molecule has 0 radical (unpaired) electrons. The maximum Gasteiger partial charge on any atom is 0.328 e. The number of benzene rings is 1. The maximum absolute atomic E-state index is 12.6. The topological polar surface area (TPSA) is 95.9 Å². The highest BCUT2D eigenvalue weighted by Gasteiger charge is 2.33. The smallest absolute Gasteiger partial charge is 0.328 e. The highest BCUT2D eigenvalue weighted by Crippen LogP contribution is 2.22. The van der Waals surface area contributed by atoms with Gasteiger partial charge in [0.25, 0.3) is 0 Å². The molecule has 24 heavy (non-hydrogen) atoms. The Labute approximate surface area is 144 Å². The van der Waals surface area contributed by atoms with E-state index >= 15 is 0 Å². The van der Waals surface area contributed by atoms with Gasteiger partial charge >= 0.3 is 5.97 Å². The molecule has 2 rings (SSSR count). The summed E-state index contributed by atoms with van der Waals surface area (Å²) in [6.45, 7) is 1.83. The molecule has 1 heterocycles. The minimum atomic E-state index is -1.11. The molecule has 2 atom stereocenters. The van der Waals surface area contributed by atoms with Crippen molar-refractivity contribution in [1.82, 2.24) is 10.2 Å². The Morgan fingerprint density at radius 2 is 2.04 bits per heavy atom. The number of nitrogens with zero attached hydrogens (tertiary/aromatic N) is 1. The number of hydrogen-bond acceptors (Lipinski definition) is 4. The highest BCUT2D eigenvalue weighted by atomic mass is 35.5. The van der Waals surface area contributed by atoms with Crippen molar-refractivity contribution in [3.63, 3.8) is 0 Å². The summed E-state index contributed by atoms with van der Waals surface area (Å²) >= 11 is 5.86. The van der Waals surface area contributed by atoms with E-state index in [-0.39, 0.29) is 31.4 Å². The van der Waals surface area contributed by atoms with Crippen LogP contribution in [0.3, 0.4) is 0 Å². The Morgan fingerprint density at radius 3 is 2.62 bits per heavy atom. The summed E-state index contributed by atoms with van der Waals surface area (Å²) < 4.78 is 5.13. The third-order valence-electron chi connectivity index (χ3n) is 3.76. The monoisotopic (exact) mass is 354 g/mol.